The number of hydrogen-bond acceptors (Lipinski definition) is 4. The van der Waals surface area contributed by atoms with E-state index in [0.29, 0.717) is 11.1 Å². The van der Waals surface area contributed by atoms with Crippen LogP contribution in [0.15, 0.2) is 53.5 Å². The molecule has 1 aromatic heterocycles. The first kappa shape index (κ1) is 23.5. The van der Waals surface area contributed by atoms with Gasteiger partial charge in [0.15, 0.2) is 17.3 Å². The fraction of sp³-hybridized carbons (Fsp3) is 0.174. The SMILES string of the molecule is Cc1cn(C)c(=O)c(NC(=O)NC(CC(=O)O)c2cccc(-c3cccc(F)c3F)c2)c1O. The minimum absolute atomic E-state index is 0.0245. The summed E-state index contributed by atoms with van der Waals surface area (Å²) in [4.78, 5) is 36.2. The second-order valence-electron chi connectivity index (χ2n) is 7.43. The van der Waals surface area contributed by atoms with E-state index in [0.717, 1.165) is 6.07 Å². The maximum absolute atomic E-state index is 14.2. The van der Waals surface area contributed by atoms with Gasteiger partial charge in [-0.3, -0.25) is 9.59 Å². The zero-order chi connectivity index (χ0) is 24.3. The Morgan fingerprint density at radius 3 is 2.55 bits per heavy atom. The monoisotopic (exact) mass is 457 g/mol. The van der Waals surface area contributed by atoms with Crippen molar-refractivity contribution in [2.24, 2.45) is 7.05 Å². The Morgan fingerprint density at radius 2 is 1.85 bits per heavy atom. The minimum atomic E-state index is -1.23. The van der Waals surface area contributed by atoms with E-state index < -0.39 is 47.4 Å². The van der Waals surface area contributed by atoms with Crippen molar-refractivity contribution in [2.75, 3.05) is 5.32 Å². The number of nitrogens with one attached hydrogen (secondary N) is 2. The van der Waals surface area contributed by atoms with Crippen molar-refractivity contribution in [1.82, 2.24) is 9.88 Å². The molecule has 0 spiro atoms. The Hall–Kier alpha value is -4.21. The lowest BCUT2D eigenvalue weighted by molar-refractivity contribution is -0.137. The van der Waals surface area contributed by atoms with E-state index in [-0.39, 0.29) is 16.8 Å². The van der Waals surface area contributed by atoms with Crippen molar-refractivity contribution < 1.29 is 28.6 Å². The number of aryl methyl sites for hydroxylation is 2. The number of carboxylic acid groups (broad SMARTS) is 1. The van der Waals surface area contributed by atoms with Crippen LogP contribution in [0.25, 0.3) is 11.1 Å². The molecule has 4 N–H and O–H groups in total. The van der Waals surface area contributed by atoms with E-state index in [2.05, 4.69) is 10.6 Å². The van der Waals surface area contributed by atoms with Crippen LogP contribution in [0.1, 0.15) is 23.6 Å². The highest BCUT2D eigenvalue weighted by molar-refractivity contribution is 5.91. The Bertz CT molecular complexity index is 1290. The summed E-state index contributed by atoms with van der Waals surface area (Å²) in [5.41, 5.74) is -0.100. The molecule has 10 heteroatoms. The molecule has 1 atom stereocenters. The first-order valence-corrected chi connectivity index (χ1v) is 9.81. The van der Waals surface area contributed by atoms with E-state index in [9.17, 15) is 33.4 Å². The second kappa shape index (κ2) is 9.51. The van der Waals surface area contributed by atoms with Crippen molar-refractivity contribution in [3.05, 3.63) is 81.8 Å². The lowest BCUT2D eigenvalue weighted by Crippen LogP contribution is -2.36. The number of halogens is 2. The van der Waals surface area contributed by atoms with Gasteiger partial charge < -0.3 is 25.4 Å². The van der Waals surface area contributed by atoms with Gasteiger partial charge in [-0.1, -0.05) is 30.3 Å². The summed E-state index contributed by atoms with van der Waals surface area (Å²) >= 11 is 0. The minimum Gasteiger partial charge on any atom is -0.505 e. The fourth-order valence-corrected chi connectivity index (χ4v) is 3.38. The van der Waals surface area contributed by atoms with Crippen molar-refractivity contribution >= 4 is 17.7 Å². The van der Waals surface area contributed by atoms with Crippen LogP contribution in [0.4, 0.5) is 19.3 Å². The van der Waals surface area contributed by atoms with Crippen LogP contribution < -0.4 is 16.2 Å². The third-order valence-electron chi connectivity index (χ3n) is 5.01. The van der Waals surface area contributed by atoms with Gasteiger partial charge in [0, 0.05) is 24.4 Å². The summed E-state index contributed by atoms with van der Waals surface area (Å²) in [6.45, 7) is 1.54. The van der Waals surface area contributed by atoms with Gasteiger partial charge in [0.1, 0.15) is 5.75 Å². The van der Waals surface area contributed by atoms with Gasteiger partial charge in [0.05, 0.1) is 12.5 Å². The van der Waals surface area contributed by atoms with Gasteiger partial charge in [-0.15, -0.1) is 0 Å². The predicted octanol–water partition coefficient (Wildman–Crippen LogP) is 3.68. The normalized spacial score (nSPS) is 11.6. The third-order valence-corrected chi connectivity index (χ3v) is 5.01. The van der Waals surface area contributed by atoms with Gasteiger partial charge in [-0.05, 0) is 30.2 Å². The van der Waals surface area contributed by atoms with Crippen molar-refractivity contribution in [2.45, 2.75) is 19.4 Å². The van der Waals surface area contributed by atoms with Crippen LogP contribution in [-0.4, -0.2) is 26.8 Å². The van der Waals surface area contributed by atoms with Crippen molar-refractivity contribution in [3.8, 4) is 16.9 Å². The van der Waals surface area contributed by atoms with E-state index in [4.69, 9.17) is 0 Å². The Kier molecular flexibility index (Phi) is 6.76. The average Bonchev–Trinajstić information content (AvgIpc) is 2.76. The number of aromatic hydroxyl groups is 1. The number of amides is 2. The quantitative estimate of drug-likeness (QED) is 0.450. The fourth-order valence-electron chi connectivity index (χ4n) is 3.38. The smallest absolute Gasteiger partial charge is 0.319 e. The number of pyridine rings is 1. The standard InChI is InChI=1S/C23H21F2N3O5/c1-12-11-28(2)22(32)20(21(12)31)27-23(33)26-17(10-18(29)30)14-6-3-5-13(9-14)15-7-4-8-16(24)19(15)25/h3-9,11,17,31H,10H2,1-2H3,(H,29,30)(H2,26,27,33). The molecule has 172 valence electrons. The number of anilines is 1. The number of aromatic nitrogens is 1. The molecule has 0 aliphatic rings. The van der Waals surface area contributed by atoms with Gasteiger partial charge >= 0.3 is 12.0 Å². The Morgan fingerprint density at radius 1 is 1.15 bits per heavy atom. The molecule has 33 heavy (non-hydrogen) atoms. The molecular weight excluding hydrogens is 436 g/mol. The number of carbonyl (C=O) groups excluding carboxylic acids is 1. The molecule has 2 aromatic carbocycles. The second-order valence-corrected chi connectivity index (χ2v) is 7.43. The largest absolute Gasteiger partial charge is 0.505 e. The van der Waals surface area contributed by atoms with Crippen LogP contribution >= 0.6 is 0 Å². The number of aliphatic carboxylic acids is 1. The summed E-state index contributed by atoms with van der Waals surface area (Å²) < 4.78 is 29.0. The molecule has 1 unspecified atom stereocenters. The highest BCUT2D eigenvalue weighted by Gasteiger charge is 2.21. The number of urea groups is 1. The Labute approximate surface area is 187 Å². The molecule has 0 radical (unpaired) electrons. The lowest BCUT2D eigenvalue weighted by Gasteiger charge is -2.19. The molecule has 0 aliphatic carbocycles. The average molecular weight is 457 g/mol. The summed E-state index contributed by atoms with van der Waals surface area (Å²) in [6, 6.07) is 7.70. The number of benzene rings is 2. The van der Waals surface area contributed by atoms with Gasteiger partial charge in [-0.25, -0.2) is 13.6 Å². The summed E-state index contributed by atoms with van der Waals surface area (Å²) in [5, 5.41) is 24.2. The van der Waals surface area contributed by atoms with Gasteiger partial charge in [0.2, 0.25) is 0 Å². The van der Waals surface area contributed by atoms with Crippen LogP contribution in [0.2, 0.25) is 0 Å². The van der Waals surface area contributed by atoms with Gasteiger partial charge in [0.25, 0.3) is 5.56 Å². The lowest BCUT2D eigenvalue weighted by atomic mass is 9.97. The zero-order valence-electron chi connectivity index (χ0n) is 17.7. The molecule has 0 fully saturated rings. The van der Waals surface area contributed by atoms with Crippen molar-refractivity contribution in [1.29, 1.82) is 0 Å². The number of carbonyl (C=O) groups is 2. The summed E-state index contributed by atoms with van der Waals surface area (Å²) in [6.07, 6.45) is 0.866. The molecular formula is C23H21F2N3O5. The number of nitrogens with zero attached hydrogens (tertiary/aromatic N) is 1. The predicted molar refractivity (Wildman–Crippen MR) is 117 cm³/mol. The van der Waals surface area contributed by atoms with Crippen LogP contribution in [-0.2, 0) is 11.8 Å². The summed E-state index contributed by atoms with van der Waals surface area (Å²) in [5.74, 6) is -3.72. The first-order valence-electron chi connectivity index (χ1n) is 9.81. The molecule has 0 saturated carbocycles. The number of rotatable bonds is 6. The topological polar surface area (TPSA) is 121 Å². The van der Waals surface area contributed by atoms with Crippen LogP contribution in [0, 0.1) is 18.6 Å². The maximum Gasteiger partial charge on any atom is 0.319 e. The first-order chi connectivity index (χ1) is 15.6. The van der Waals surface area contributed by atoms with Crippen LogP contribution in [0.3, 0.4) is 0 Å². The highest BCUT2D eigenvalue weighted by atomic mass is 19.2. The molecule has 3 aromatic rings. The molecule has 0 saturated heterocycles. The molecule has 0 aliphatic heterocycles. The number of carboxylic acids is 1. The zero-order valence-corrected chi connectivity index (χ0v) is 17.7. The van der Waals surface area contributed by atoms with Crippen molar-refractivity contribution in [3.63, 3.8) is 0 Å². The van der Waals surface area contributed by atoms with E-state index in [1.54, 1.807) is 6.92 Å². The summed E-state index contributed by atoms with van der Waals surface area (Å²) in [7, 11) is 1.45. The van der Waals surface area contributed by atoms with E-state index in [1.165, 1.54) is 54.2 Å². The molecule has 1 heterocycles. The number of hydrogen-bond donors (Lipinski definition) is 4. The maximum atomic E-state index is 14.2. The Balaban J connectivity index is 1.91. The molecule has 2 amide bonds. The highest BCUT2D eigenvalue weighted by Crippen LogP contribution is 2.28. The van der Waals surface area contributed by atoms with Crippen LogP contribution in [0.5, 0.6) is 5.75 Å². The van der Waals surface area contributed by atoms with Gasteiger partial charge in [-0.2, -0.15) is 0 Å². The van der Waals surface area contributed by atoms with E-state index in [1.807, 2.05) is 0 Å². The molecule has 0 bridgehead atoms. The molecule has 3 rings (SSSR count). The molecule has 8 nitrogen and oxygen atoms in total. The third kappa shape index (κ3) is 5.17. The van der Waals surface area contributed by atoms with E-state index >= 15 is 0 Å².